The highest BCUT2D eigenvalue weighted by Gasteiger charge is 1.98. The Balaban J connectivity index is 2.89. The van der Waals surface area contributed by atoms with Gasteiger partial charge in [-0.25, -0.2) is 0 Å². The van der Waals surface area contributed by atoms with Gasteiger partial charge in [0.25, 0.3) is 0 Å². The molecule has 59 valence electrons. The molecule has 0 atom stereocenters. The number of hydrogen-bond donors (Lipinski definition) is 0. The second-order valence-corrected chi connectivity index (χ2v) is 2.93. The molecule has 2 aromatic rings. The first-order valence-corrected chi connectivity index (χ1v) is 3.88. The molecule has 0 aliphatic heterocycles. The molecule has 0 bridgehead atoms. The van der Waals surface area contributed by atoms with Crippen LogP contribution in [-0.2, 0) is 0 Å². The molecule has 0 saturated heterocycles. The van der Waals surface area contributed by atoms with E-state index < -0.39 is 0 Å². The molecule has 1 heterocycles. The highest BCUT2D eigenvalue weighted by molar-refractivity contribution is 5.81. The van der Waals surface area contributed by atoms with Crippen LogP contribution in [0.5, 0.6) is 0 Å². The fraction of sp³-hybridized carbons (Fsp3) is 0.200. The first-order valence-electron chi connectivity index (χ1n) is 3.88. The lowest BCUT2D eigenvalue weighted by atomic mass is 10.1. The molecular formula is C10H9N2. The minimum Gasteiger partial charge on any atom is -0.158 e. The van der Waals surface area contributed by atoms with Gasteiger partial charge < -0.3 is 0 Å². The molecule has 0 amide bonds. The Morgan fingerprint density at radius 1 is 1.33 bits per heavy atom. The van der Waals surface area contributed by atoms with Gasteiger partial charge in [0, 0.05) is 11.5 Å². The van der Waals surface area contributed by atoms with Crippen molar-refractivity contribution in [2.45, 2.75) is 13.8 Å². The third-order valence-corrected chi connectivity index (χ3v) is 1.89. The molecule has 0 unspecified atom stereocenters. The molecule has 1 aromatic heterocycles. The SMILES string of the molecule is Cc1[c]c2nnccc2c(C)c1. The Morgan fingerprint density at radius 3 is 3.00 bits per heavy atom. The van der Waals surface area contributed by atoms with Crippen molar-refractivity contribution >= 4 is 10.9 Å². The van der Waals surface area contributed by atoms with E-state index >= 15 is 0 Å². The quantitative estimate of drug-likeness (QED) is 0.585. The standard InChI is InChI=1S/C10H9N2/c1-7-5-8(2)9-3-4-11-12-10(9)6-7/h3-5H,1-2H3. The average molecular weight is 157 g/mol. The Morgan fingerprint density at radius 2 is 2.17 bits per heavy atom. The average Bonchev–Trinajstić information content (AvgIpc) is 2.04. The molecule has 2 nitrogen and oxygen atoms in total. The maximum absolute atomic E-state index is 4.00. The van der Waals surface area contributed by atoms with Gasteiger partial charge in [0.1, 0.15) is 5.52 Å². The van der Waals surface area contributed by atoms with Crippen molar-refractivity contribution in [3.63, 3.8) is 0 Å². The molecule has 0 saturated carbocycles. The number of aromatic nitrogens is 2. The summed E-state index contributed by atoms with van der Waals surface area (Å²) in [7, 11) is 0. The van der Waals surface area contributed by atoms with Gasteiger partial charge in [-0.05, 0) is 31.0 Å². The van der Waals surface area contributed by atoms with Crippen molar-refractivity contribution in [2.75, 3.05) is 0 Å². The molecule has 1 aromatic carbocycles. The van der Waals surface area contributed by atoms with Crippen molar-refractivity contribution in [1.29, 1.82) is 0 Å². The molecule has 2 heteroatoms. The fourth-order valence-corrected chi connectivity index (χ4v) is 1.37. The normalized spacial score (nSPS) is 10.5. The predicted molar refractivity (Wildman–Crippen MR) is 47.8 cm³/mol. The van der Waals surface area contributed by atoms with Crippen LogP contribution in [0.4, 0.5) is 0 Å². The first-order chi connectivity index (χ1) is 5.77. The Hall–Kier alpha value is -1.44. The predicted octanol–water partition coefficient (Wildman–Crippen LogP) is 2.05. The molecule has 0 aliphatic rings. The van der Waals surface area contributed by atoms with Crippen LogP contribution in [0.3, 0.4) is 0 Å². The second-order valence-electron chi connectivity index (χ2n) is 2.93. The highest BCUT2D eigenvalue weighted by Crippen LogP contribution is 2.15. The van der Waals surface area contributed by atoms with Gasteiger partial charge in [-0.3, -0.25) is 0 Å². The summed E-state index contributed by atoms with van der Waals surface area (Å²) in [6.45, 7) is 4.09. The summed E-state index contributed by atoms with van der Waals surface area (Å²) in [4.78, 5) is 0. The topological polar surface area (TPSA) is 25.8 Å². The van der Waals surface area contributed by atoms with E-state index in [1.807, 2.05) is 13.0 Å². The Labute approximate surface area is 71.3 Å². The number of fused-ring (bicyclic) bond motifs is 1. The van der Waals surface area contributed by atoms with Crippen molar-refractivity contribution in [2.24, 2.45) is 0 Å². The third-order valence-electron chi connectivity index (χ3n) is 1.89. The molecule has 0 spiro atoms. The maximum atomic E-state index is 4.00. The number of rotatable bonds is 0. The van der Waals surface area contributed by atoms with Crippen LogP contribution in [0.15, 0.2) is 18.3 Å². The summed E-state index contributed by atoms with van der Waals surface area (Å²) >= 11 is 0. The van der Waals surface area contributed by atoms with Crippen molar-refractivity contribution in [1.82, 2.24) is 10.2 Å². The van der Waals surface area contributed by atoms with Crippen LogP contribution in [0.2, 0.25) is 0 Å². The van der Waals surface area contributed by atoms with Crippen molar-refractivity contribution < 1.29 is 0 Å². The number of benzene rings is 1. The summed E-state index contributed by atoms with van der Waals surface area (Å²) in [6.07, 6.45) is 1.71. The van der Waals surface area contributed by atoms with E-state index in [1.54, 1.807) is 6.20 Å². The van der Waals surface area contributed by atoms with Crippen LogP contribution in [0.1, 0.15) is 11.1 Å². The van der Waals surface area contributed by atoms with Crippen molar-refractivity contribution in [3.05, 3.63) is 35.5 Å². The lowest BCUT2D eigenvalue weighted by Crippen LogP contribution is -1.86. The van der Waals surface area contributed by atoms with Gasteiger partial charge in [-0.2, -0.15) is 5.10 Å². The smallest absolute Gasteiger partial charge is 0.101 e. The zero-order chi connectivity index (χ0) is 8.55. The van der Waals surface area contributed by atoms with E-state index in [0.717, 1.165) is 16.5 Å². The molecule has 12 heavy (non-hydrogen) atoms. The lowest BCUT2D eigenvalue weighted by molar-refractivity contribution is 1.07. The molecular weight excluding hydrogens is 148 g/mol. The fourth-order valence-electron chi connectivity index (χ4n) is 1.37. The summed E-state index contributed by atoms with van der Waals surface area (Å²) in [6, 6.07) is 7.22. The third kappa shape index (κ3) is 1.05. The molecule has 1 radical (unpaired) electrons. The van der Waals surface area contributed by atoms with Gasteiger partial charge in [-0.15, -0.1) is 5.10 Å². The minimum absolute atomic E-state index is 0.856. The largest absolute Gasteiger partial charge is 0.158 e. The first kappa shape index (κ1) is 7.22. The molecule has 0 aliphatic carbocycles. The second kappa shape index (κ2) is 2.55. The van der Waals surface area contributed by atoms with Gasteiger partial charge in [-0.1, -0.05) is 6.07 Å². The monoisotopic (exact) mass is 157 g/mol. The van der Waals surface area contributed by atoms with E-state index in [4.69, 9.17) is 0 Å². The highest BCUT2D eigenvalue weighted by atomic mass is 15.1. The summed E-state index contributed by atoms with van der Waals surface area (Å²) in [5.74, 6) is 0. The van der Waals surface area contributed by atoms with E-state index in [1.165, 1.54) is 5.56 Å². The molecule has 2 rings (SSSR count). The minimum atomic E-state index is 0.856. The van der Waals surface area contributed by atoms with Gasteiger partial charge in [0.05, 0.1) is 6.20 Å². The number of nitrogens with zero attached hydrogens (tertiary/aromatic N) is 2. The molecule has 0 fully saturated rings. The number of hydrogen-bond acceptors (Lipinski definition) is 2. The van der Waals surface area contributed by atoms with Gasteiger partial charge in [0.2, 0.25) is 0 Å². The lowest BCUT2D eigenvalue weighted by Gasteiger charge is -2.00. The van der Waals surface area contributed by atoms with E-state index in [0.29, 0.717) is 0 Å². The van der Waals surface area contributed by atoms with Crippen LogP contribution in [0.25, 0.3) is 10.9 Å². The molecule has 0 N–H and O–H groups in total. The van der Waals surface area contributed by atoms with Gasteiger partial charge in [0.15, 0.2) is 0 Å². The van der Waals surface area contributed by atoms with Gasteiger partial charge >= 0.3 is 0 Å². The summed E-state index contributed by atoms with van der Waals surface area (Å²) in [5.41, 5.74) is 3.20. The van der Waals surface area contributed by atoms with Crippen molar-refractivity contribution in [3.8, 4) is 0 Å². The van der Waals surface area contributed by atoms with E-state index in [-0.39, 0.29) is 0 Å². The zero-order valence-corrected chi connectivity index (χ0v) is 7.13. The van der Waals surface area contributed by atoms with Crippen LogP contribution < -0.4 is 0 Å². The Kier molecular flexibility index (Phi) is 1.54. The maximum Gasteiger partial charge on any atom is 0.101 e. The zero-order valence-electron chi connectivity index (χ0n) is 7.13. The summed E-state index contributed by atoms with van der Waals surface area (Å²) in [5, 5.41) is 8.95. The van der Waals surface area contributed by atoms with E-state index in [2.05, 4.69) is 29.3 Å². The van der Waals surface area contributed by atoms with E-state index in [9.17, 15) is 0 Å². The summed E-state index contributed by atoms with van der Waals surface area (Å²) < 4.78 is 0. The number of aryl methyl sites for hydroxylation is 2. The van der Waals surface area contributed by atoms with Crippen LogP contribution in [-0.4, -0.2) is 10.2 Å². The van der Waals surface area contributed by atoms with Crippen LogP contribution >= 0.6 is 0 Å². The Bertz CT molecular complexity index is 421. The van der Waals surface area contributed by atoms with Crippen LogP contribution in [0, 0.1) is 19.9 Å².